The molecule has 1 aliphatic heterocycles. The third-order valence-corrected chi connectivity index (χ3v) is 13.4. The van der Waals surface area contributed by atoms with Gasteiger partial charge in [-0.2, -0.15) is 0 Å². The SMILES string of the molecule is CN(CCCC(=O)NO)CC[C@H](CSc1ccccc1)Nc1ccc(S(=O)(=O)NC(=O)c2ccc(N3CCN(Cc4ccccc4-c4ccc(Cl)cc4)CC3)cc2)cc1[N+](=O)[O-]. The molecular formula is C45H50ClN7O7S2. The second-order valence-corrected chi connectivity index (χ2v) is 18.3. The van der Waals surface area contributed by atoms with E-state index in [-0.39, 0.29) is 23.7 Å². The van der Waals surface area contributed by atoms with E-state index in [0.29, 0.717) is 36.7 Å². The van der Waals surface area contributed by atoms with Crippen molar-refractivity contribution in [1.82, 2.24) is 20.0 Å². The average Bonchev–Trinajstić information content (AvgIpc) is 3.28. The van der Waals surface area contributed by atoms with Gasteiger partial charge in [0.15, 0.2) is 0 Å². The molecule has 1 saturated heterocycles. The number of halogens is 1. The van der Waals surface area contributed by atoms with Crippen LogP contribution in [0.15, 0.2) is 131 Å². The Bertz CT molecular complexity index is 2400. The molecule has 2 amide bonds. The summed E-state index contributed by atoms with van der Waals surface area (Å²) in [6, 6.07) is 35.9. The van der Waals surface area contributed by atoms with Crippen LogP contribution in [-0.2, 0) is 21.4 Å². The van der Waals surface area contributed by atoms with E-state index in [4.69, 9.17) is 16.8 Å². The lowest BCUT2D eigenvalue weighted by Crippen LogP contribution is -2.46. The molecule has 1 aliphatic rings. The van der Waals surface area contributed by atoms with Gasteiger partial charge in [0.1, 0.15) is 5.69 Å². The molecule has 62 heavy (non-hydrogen) atoms. The van der Waals surface area contributed by atoms with Gasteiger partial charge in [0.2, 0.25) is 5.91 Å². The summed E-state index contributed by atoms with van der Waals surface area (Å²) in [6.07, 6.45) is 1.28. The van der Waals surface area contributed by atoms with Gasteiger partial charge in [-0.3, -0.25) is 29.8 Å². The van der Waals surface area contributed by atoms with Crippen LogP contribution in [0.2, 0.25) is 5.02 Å². The number of carbonyl (C=O) groups excluding carboxylic acids is 2. The highest BCUT2D eigenvalue weighted by molar-refractivity contribution is 7.99. The first-order valence-electron chi connectivity index (χ1n) is 20.2. The van der Waals surface area contributed by atoms with Gasteiger partial charge in [0, 0.05) is 78.2 Å². The number of hydrogen-bond donors (Lipinski definition) is 4. The summed E-state index contributed by atoms with van der Waals surface area (Å²) in [5.41, 5.74) is 5.87. The van der Waals surface area contributed by atoms with E-state index < -0.39 is 37.3 Å². The molecule has 4 N–H and O–H groups in total. The van der Waals surface area contributed by atoms with Crippen molar-refractivity contribution in [3.63, 3.8) is 0 Å². The fraction of sp³-hybridized carbons (Fsp3) is 0.289. The van der Waals surface area contributed by atoms with E-state index in [1.54, 1.807) is 41.5 Å². The lowest BCUT2D eigenvalue weighted by molar-refractivity contribution is -0.384. The Labute approximate surface area is 371 Å². The molecule has 0 radical (unpaired) electrons. The van der Waals surface area contributed by atoms with Crippen LogP contribution in [0.3, 0.4) is 0 Å². The van der Waals surface area contributed by atoms with Gasteiger partial charge < -0.3 is 15.1 Å². The molecule has 0 aliphatic carbocycles. The summed E-state index contributed by atoms with van der Waals surface area (Å²) in [5.74, 6) is -0.771. The predicted octanol–water partition coefficient (Wildman–Crippen LogP) is 7.54. The van der Waals surface area contributed by atoms with Gasteiger partial charge in [0.25, 0.3) is 21.6 Å². The third-order valence-electron chi connectivity index (χ3n) is 10.6. The predicted molar refractivity (Wildman–Crippen MR) is 244 cm³/mol. The van der Waals surface area contributed by atoms with Crippen LogP contribution < -0.4 is 20.4 Å². The summed E-state index contributed by atoms with van der Waals surface area (Å²) in [4.78, 5) is 43.6. The second kappa shape index (κ2) is 22.0. The molecule has 5 aromatic rings. The number of nitrogens with one attached hydrogen (secondary N) is 3. The minimum atomic E-state index is -4.49. The fourth-order valence-electron chi connectivity index (χ4n) is 7.17. The maximum absolute atomic E-state index is 13.5. The molecule has 0 bridgehead atoms. The summed E-state index contributed by atoms with van der Waals surface area (Å²) in [5, 5.41) is 25.0. The molecule has 0 saturated carbocycles. The minimum absolute atomic E-state index is 0.128. The van der Waals surface area contributed by atoms with Crippen LogP contribution in [0.1, 0.15) is 35.2 Å². The summed E-state index contributed by atoms with van der Waals surface area (Å²) < 4.78 is 29.0. The number of piperazine rings is 1. The van der Waals surface area contributed by atoms with Crippen LogP contribution in [0.25, 0.3) is 11.1 Å². The molecule has 0 spiro atoms. The molecule has 1 fully saturated rings. The highest BCUT2D eigenvalue weighted by Gasteiger charge is 2.26. The Morgan fingerprint density at radius 1 is 0.903 bits per heavy atom. The van der Waals surface area contributed by atoms with E-state index in [1.807, 2.05) is 78.7 Å². The van der Waals surface area contributed by atoms with Gasteiger partial charge in [-0.15, -0.1) is 11.8 Å². The van der Waals surface area contributed by atoms with Crippen LogP contribution >= 0.6 is 23.4 Å². The quantitative estimate of drug-likeness (QED) is 0.0262. The standard InChI is InChI=1S/C45H50ClN7O7S2/c1-50(24-7-12-44(54)48-56)25-23-37(32-61-39-9-3-2-4-10-39)47-42-22-21-40(30-43(42)53(57)58)62(59,60)49-45(55)34-15-19-38(20-16-34)52-28-26-51(27-29-52)31-35-8-5-6-11-41(35)33-13-17-36(46)18-14-33/h2-6,8-11,13-22,30,37,47,56H,7,12,23-29,31-32H2,1H3,(H,48,54)(H,49,55)/t37-/m1/s1. The lowest BCUT2D eigenvalue weighted by atomic mass is 9.99. The number of anilines is 2. The normalized spacial score (nSPS) is 13.7. The number of benzene rings is 5. The van der Waals surface area contributed by atoms with Crippen molar-refractivity contribution < 1.29 is 28.1 Å². The van der Waals surface area contributed by atoms with E-state index in [1.165, 1.54) is 23.3 Å². The smallest absolute Gasteiger partial charge is 0.293 e. The summed E-state index contributed by atoms with van der Waals surface area (Å²) >= 11 is 7.70. The Morgan fingerprint density at radius 2 is 1.60 bits per heavy atom. The topological polar surface area (TPSA) is 177 Å². The van der Waals surface area contributed by atoms with E-state index in [0.717, 1.165) is 54.9 Å². The van der Waals surface area contributed by atoms with E-state index >= 15 is 0 Å². The second-order valence-electron chi connectivity index (χ2n) is 15.0. The molecule has 1 heterocycles. The van der Waals surface area contributed by atoms with Gasteiger partial charge in [-0.05, 0) is 110 Å². The zero-order valence-electron chi connectivity index (χ0n) is 34.3. The third kappa shape index (κ3) is 13.0. The first-order valence-corrected chi connectivity index (χ1v) is 23.1. The highest BCUT2D eigenvalue weighted by Crippen LogP contribution is 2.31. The van der Waals surface area contributed by atoms with Gasteiger partial charge >= 0.3 is 0 Å². The van der Waals surface area contributed by atoms with Crippen molar-refractivity contribution in [2.24, 2.45) is 0 Å². The van der Waals surface area contributed by atoms with Crippen molar-refractivity contribution in [3.05, 3.63) is 148 Å². The van der Waals surface area contributed by atoms with Crippen molar-refractivity contribution in [2.45, 2.75) is 41.6 Å². The fourth-order valence-corrected chi connectivity index (χ4v) is 9.29. The molecular weight excluding hydrogens is 850 g/mol. The monoisotopic (exact) mass is 899 g/mol. The largest absolute Gasteiger partial charge is 0.376 e. The van der Waals surface area contributed by atoms with Crippen LogP contribution in [0.4, 0.5) is 17.1 Å². The number of rotatable bonds is 20. The zero-order chi connectivity index (χ0) is 44.1. The number of thioether (sulfide) groups is 1. The van der Waals surface area contributed by atoms with Crippen molar-refractivity contribution in [1.29, 1.82) is 0 Å². The minimum Gasteiger partial charge on any atom is -0.376 e. The molecule has 0 unspecified atom stereocenters. The molecule has 6 rings (SSSR count). The number of amides is 2. The van der Waals surface area contributed by atoms with Crippen LogP contribution in [0, 0.1) is 10.1 Å². The number of nitrogens with zero attached hydrogens (tertiary/aromatic N) is 4. The Morgan fingerprint density at radius 3 is 2.29 bits per heavy atom. The first-order chi connectivity index (χ1) is 29.9. The van der Waals surface area contributed by atoms with Gasteiger partial charge in [0.05, 0.1) is 9.82 Å². The Hall–Kier alpha value is -5.49. The van der Waals surface area contributed by atoms with Crippen molar-refractivity contribution in [2.75, 3.05) is 62.3 Å². The maximum Gasteiger partial charge on any atom is 0.293 e. The zero-order valence-corrected chi connectivity index (χ0v) is 36.7. The van der Waals surface area contributed by atoms with Gasteiger partial charge in [-0.25, -0.2) is 18.6 Å². The number of sulfonamides is 1. The number of nitro benzene ring substituents is 1. The number of nitro groups is 1. The number of carbonyl (C=O) groups is 2. The average molecular weight is 901 g/mol. The van der Waals surface area contributed by atoms with Crippen molar-refractivity contribution >= 4 is 62.3 Å². The van der Waals surface area contributed by atoms with Gasteiger partial charge in [-0.1, -0.05) is 66.2 Å². The summed E-state index contributed by atoms with van der Waals surface area (Å²) in [6.45, 7) is 5.18. The van der Waals surface area contributed by atoms with E-state index in [9.17, 15) is 28.1 Å². The number of hydrogen-bond acceptors (Lipinski definition) is 12. The molecule has 14 nitrogen and oxygen atoms in total. The Balaban J connectivity index is 1.05. The lowest BCUT2D eigenvalue weighted by Gasteiger charge is -2.36. The number of hydroxylamine groups is 1. The van der Waals surface area contributed by atoms with Crippen LogP contribution in [0.5, 0.6) is 0 Å². The van der Waals surface area contributed by atoms with Crippen molar-refractivity contribution in [3.8, 4) is 11.1 Å². The summed E-state index contributed by atoms with van der Waals surface area (Å²) in [7, 11) is -2.59. The molecule has 326 valence electrons. The van der Waals surface area contributed by atoms with Crippen LogP contribution in [-0.4, -0.2) is 98.3 Å². The molecule has 17 heteroatoms. The Kier molecular flexibility index (Phi) is 16.4. The maximum atomic E-state index is 13.5. The molecule has 5 aromatic carbocycles. The molecule has 0 aromatic heterocycles. The molecule has 1 atom stereocenters. The highest BCUT2D eigenvalue weighted by atomic mass is 35.5. The first kappa shape index (κ1) is 46.0. The van der Waals surface area contributed by atoms with E-state index in [2.05, 4.69) is 32.0 Å².